The number of methoxy groups -OCH3 is 2. The van der Waals surface area contributed by atoms with E-state index in [1.54, 1.807) is 25.0 Å². The number of nitrogens with one attached hydrogen (secondary N) is 1. The molecule has 0 bridgehead atoms. The molecule has 6 rings (SSSR count). The SMILES string of the molecule is COc1ccc(CNc2ncc(CN3CCC(N(C)c4cccnc4)CC3)c3nc(-c4ccco4)nn23)cc1OC. The molecule has 0 atom stereocenters. The highest BCUT2D eigenvalue weighted by molar-refractivity contribution is 5.58. The second kappa shape index (κ2) is 11.8. The normalized spacial score (nSPS) is 14.3. The van der Waals surface area contributed by atoms with Gasteiger partial charge in [0.05, 0.1) is 32.4 Å². The molecule has 0 aliphatic carbocycles. The molecule has 1 aliphatic rings. The van der Waals surface area contributed by atoms with Gasteiger partial charge in [-0.25, -0.2) is 9.97 Å². The van der Waals surface area contributed by atoms with E-state index in [9.17, 15) is 0 Å². The van der Waals surface area contributed by atoms with Crippen LogP contribution in [0.15, 0.2) is 71.7 Å². The maximum absolute atomic E-state index is 5.60. The van der Waals surface area contributed by atoms with Crippen molar-refractivity contribution in [3.63, 3.8) is 0 Å². The van der Waals surface area contributed by atoms with Gasteiger partial charge in [-0.3, -0.25) is 9.88 Å². The minimum Gasteiger partial charge on any atom is -0.493 e. The molecule has 1 aliphatic heterocycles. The zero-order valence-electron chi connectivity index (χ0n) is 23.5. The van der Waals surface area contributed by atoms with E-state index in [0.717, 1.165) is 54.9 Å². The predicted molar refractivity (Wildman–Crippen MR) is 156 cm³/mol. The van der Waals surface area contributed by atoms with Crippen molar-refractivity contribution in [1.82, 2.24) is 29.5 Å². The van der Waals surface area contributed by atoms with Crippen molar-refractivity contribution >= 4 is 17.3 Å². The lowest BCUT2D eigenvalue weighted by Gasteiger charge is -2.37. The Morgan fingerprint density at radius 3 is 2.63 bits per heavy atom. The molecule has 1 saturated heterocycles. The number of hydrogen-bond donors (Lipinski definition) is 1. The molecule has 212 valence electrons. The summed E-state index contributed by atoms with van der Waals surface area (Å²) in [7, 11) is 5.42. The number of anilines is 2. The Balaban J connectivity index is 1.20. The first-order valence-corrected chi connectivity index (χ1v) is 13.7. The van der Waals surface area contributed by atoms with Gasteiger partial charge in [-0.2, -0.15) is 4.52 Å². The second-order valence-electron chi connectivity index (χ2n) is 10.1. The smallest absolute Gasteiger partial charge is 0.226 e. The molecule has 1 aromatic carbocycles. The summed E-state index contributed by atoms with van der Waals surface area (Å²) in [4.78, 5) is 18.7. The van der Waals surface area contributed by atoms with Crippen molar-refractivity contribution in [2.45, 2.75) is 32.0 Å². The summed E-state index contributed by atoms with van der Waals surface area (Å²) in [6, 6.07) is 14.1. The second-order valence-corrected chi connectivity index (χ2v) is 10.1. The van der Waals surface area contributed by atoms with Gasteiger partial charge in [0.15, 0.2) is 22.9 Å². The Kier molecular flexibility index (Phi) is 7.68. The van der Waals surface area contributed by atoms with Crippen LogP contribution in [0.4, 0.5) is 11.6 Å². The highest BCUT2D eigenvalue weighted by atomic mass is 16.5. The number of aromatic nitrogens is 5. The molecule has 0 saturated carbocycles. The van der Waals surface area contributed by atoms with Gasteiger partial charge in [0, 0.05) is 57.2 Å². The molecule has 11 heteroatoms. The van der Waals surface area contributed by atoms with Crippen molar-refractivity contribution in [3.05, 3.63) is 78.4 Å². The van der Waals surface area contributed by atoms with E-state index in [1.807, 2.05) is 55.0 Å². The average molecular weight is 555 g/mol. The number of nitrogens with zero attached hydrogens (tertiary/aromatic N) is 7. The number of hydrogen-bond acceptors (Lipinski definition) is 10. The fourth-order valence-electron chi connectivity index (χ4n) is 5.31. The van der Waals surface area contributed by atoms with Crippen LogP contribution in [0.5, 0.6) is 11.5 Å². The standard InChI is InChI=1S/C30H34N8O3/c1-36(24-6-4-12-31-19-24)23-10-13-37(14-11-23)20-22-18-33-30(32-17-21-8-9-25(39-2)27(16-21)40-3)38-29(22)34-28(35-38)26-7-5-15-41-26/h4-9,12,15-16,18-19,23H,10-11,13-14,17,20H2,1-3H3,(H,32,33). The third kappa shape index (κ3) is 5.66. The van der Waals surface area contributed by atoms with Gasteiger partial charge in [0.1, 0.15) is 0 Å². The van der Waals surface area contributed by atoms with Crippen molar-refractivity contribution < 1.29 is 13.9 Å². The summed E-state index contributed by atoms with van der Waals surface area (Å²) in [5, 5.41) is 8.18. The molecule has 0 spiro atoms. The number of pyridine rings is 1. The summed E-state index contributed by atoms with van der Waals surface area (Å²) >= 11 is 0. The van der Waals surface area contributed by atoms with Crippen molar-refractivity contribution in [1.29, 1.82) is 0 Å². The van der Waals surface area contributed by atoms with Crippen LogP contribution in [-0.2, 0) is 13.1 Å². The largest absolute Gasteiger partial charge is 0.493 e. The Morgan fingerprint density at radius 1 is 1.05 bits per heavy atom. The molecule has 41 heavy (non-hydrogen) atoms. The van der Waals surface area contributed by atoms with Crippen LogP contribution in [0.3, 0.4) is 0 Å². The molecular weight excluding hydrogens is 520 g/mol. The van der Waals surface area contributed by atoms with Crippen molar-refractivity contribution in [3.8, 4) is 23.1 Å². The lowest BCUT2D eigenvalue weighted by atomic mass is 10.0. The summed E-state index contributed by atoms with van der Waals surface area (Å²) < 4.78 is 18.2. The van der Waals surface area contributed by atoms with Crippen LogP contribution in [-0.4, -0.2) is 69.9 Å². The molecule has 5 heterocycles. The van der Waals surface area contributed by atoms with E-state index in [-0.39, 0.29) is 0 Å². The summed E-state index contributed by atoms with van der Waals surface area (Å²) in [6.07, 6.45) is 9.42. The lowest BCUT2D eigenvalue weighted by Crippen LogP contribution is -2.43. The van der Waals surface area contributed by atoms with Crippen molar-refractivity contribution in [2.75, 3.05) is 44.6 Å². The van der Waals surface area contributed by atoms with Crippen LogP contribution >= 0.6 is 0 Å². The number of likely N-dealkylation sites (tertiary alicyclic amines) is 1. The molecule has 0 amide bonds. The monoisotopic (exact) mass is 554 g/mol. The van der Waals surface area contributed by atoms with Gasteiger partial charge >= 0.3 is 0 Å². The number of ether oxygens (including phenoxy) is 2. The first kappa shape index (κ1) is 26.6. The Bertz CT molecular complexity index is 1580. The first-order chi connectivity index (χ1) is 20.1. The number of piperidine rings is 1. The fourth-order valence-corrected chi connectivity index (χ4v) is 5.31. The minimum absolute atomic E-state index is 0.482. The van der Waals surface area contributed by atoms with Crippen LogP contribution in [0.1, 0.15) is 24.0 Å². The number of furan rings is 1. The van der Waals surface area contributed by atoms with Gasteiger partial charge in [0.25, 0.3) is 0 Å². The number of benzene rings is 1. The molecule has 4 aromatic heterocycles. The van der Waals surface area contributed by atoms with E-state index in [1.165, 1.54) is 0 Å². The van der Waals surface area contributed by atoms with Gasteiger partial charge in [-0.1, -0.05) is 6.07 Å². The van der Waals surface area contributed by atoms with E-state index in [4.69, 9.17) is 29.0 Å². The lowest BCUT2D eigenvalue weighted by molar-refractivity contribution is 0.203. The molecule has 1 N–H and O–H groups in total. The maximum atomic E-state index is 5.60. The molecule has 0 radical (unpaired) electrons. The number of rotatable bonds is 10. The summed E-state index contributed by atoms with van der Waals surface area (Å²) in [5.74, 6) is 3.10. The van der Waals surface area contributed by atoms with E-state index in [2.05, 4.69) is 33.2 Å². The van der Waals surface area contributed by atoms with Crippen LogP contribution < -0.4 is 19.7 Å². The molecular formula is C30H34N8O3. The highest BCUT2D eigenvalue weighted by Gasteiger charge is 2.24. The summed E-state index contributed by atoms with van der Waals surface area (Å²) in [6.45, 7) is 3.24. The topological polar surface area (TPSA) is 106 Å². The molecule has 1 fully saturated rings. The quantitative estimate of drug-likeness (QED) is 0.265. The van der Waals surface area contributed by atoms with E-state index < -0.39 is 0 Å². The van der Waals surface area contributed by atoms with Crippen LogP contribution in [0.25, 0.3) is 17.2 Å². The highest BCUT2D eigenvalue weighted by Crippen LogP contribution is 2.28. The Morgan fingerprint density at radius 2 is 1.90 bits per heavy atom. The molecule has 11 nitrogen and oxygen atoms in total. The minimum atomic E-state index is 0.482. The first-order valence-electron chi connectivity index (χ1n) is 13.7. The predicted octanol–water partition coefficient (Wildman–Crippen LogP) is 4.51. The van der Waals surface area contributed by atoms with E-state index in [0.29, 0.717) is 41.6 Å². The average Bonchev–Trinajstić information content (AvgIpc) is 3.72. The van der Waals surface area contributed by atoms with Gasteiger partial charge in [0.2, 0.25) is 11.8 Å². The third-order valence-corrected chi connectivity index (χ3v) is 7.63. The molecule has 5 aromatic rings. The van der Waals surface area contributed by atoms with E-state index >= 15 is 0 Å². The zero-order valence-corrected chi connectivity index (χ0v) is 23.5. The van der Waals surface area contributed by atoms with Crippen molar-refractivity contribution in [2.24, 2.45) is 0 Å². The number of fused-ring (bicyclic) bond motifs is 1. The van der Waals surface area contributed by atoms with Crippen LogP contribution in [0, 0.1) is 0 Å². The summed E-state index contributed by atoms with van der Waals surface area (Å²) in [5.41, 5.74) is 3.95. The van der Waals surface area contributed by atoms with Crippen LogP contribution in [0.2, 0.25) is 0 Å². The van der Waals surface area contributed by atoms with Gasteiger partial charge < -0.3 is 24.1 Å². The zero-order chi connectivity index (χ0) is 28.2. The Labute approximate surface area is 238 Å². The van der Waals surface area contributed by atoms with Gasteiger partial charge in [-0.05, 0) is 54.8 Å². The maximum Gasteiger partial charge on any atom is 0.226 e. The Hall–Kier alpha value is -4.64. The third-order valence-electron chi connectivity index (χ3n) is 7.63. The van der Waals surface area contributed by atoms with Gasteiger partial charge in [-0.15, -0.1) is 5.10 Å². The fraction of sp³-hybridized carbons (Fsp3) is 0.333. The molecule has 0 unspecified atom stereocenters.